The number of nitrogens with zero attached hydrogens (tertiary/aromatic N) is 1. The normalized spacial score (nSPS) is 22.1. The van der Waals surface area contributed by atoms with Gasteiger partial charge in [-0.15, -0.1) is 0 Å². The van der Waals surface area contributed by atoms with E-state index in [4.69, 9.17) is 0 Å². The number of sulfonamides is 1. The van der Waals surface area contributed by atoms with Gasteiger partial charge in [0.1, 0.15) is 5.82 Å². The summed E-state index contributed by atoms with van der Waals surface area (Å²) in [6.07, 6.45) is 3.07. The van der Waals surface area contributed by atoms with Gasteiger partial charge < -0.3 is 4.90 Å². The van der Waals surface area contributed by atoms with E-state index in [0.29, 0.717) is 5.92 Å². The molecule has 2 atom stereocenters. The van der Waals surface area contributed by atoms with E-state index >= 15 is 0 Å². The van der Waals surface area contributed by atoms with Crippen LogP contribution in [-0.2, 0) is 10.0 Å². The first-order valence-electron chi connectivity index (χ1n) is 7.28. The van der Waals surface area contributed by atoms with Gasteiger partial charge in [0.05, 0.1) is 6.26 Å². The van der Waals surface area contributed by atoms with Crippen molar-refractivity contribution in [1.29, 1.82) is 0 Å². The predicted octanol–water partition coefficient (Wildman–Crippen LogP) is 1.94. The highest BCUT2D eigenvalue weighted by Crippen LogP contribution is 2.20. The number of nitrogens with one attached hydrogen (secondary N) is 1. The minimum absolute atomic E-state index is 0.00540. The molecule has 0 aromatic heterocycles. The first-order chi connectivity index (χ1) is 9.83. The second-order valence-electron chi connectivity index (χ2n) is 5.94. The van der Waals surface area contributed by atoms with Crippen molar-refractivity contribution in [3.63, 3.8) is 0 Å². The van der Waals surface area contributed by atoms with Crippen LogP contribution in [0.2, 0.25) is 0 Å². The maximum absolute atomic E-state index is 12.9. The molecule has 0 aliphatic carbocycles. The van der Waals surface area contributed by atoms with E-state index < -0.39 is 10.0 Å². The van der Waals surface area contributed by atoms with E-state index in [0.717, 1.165) is 38.0 Å². The lowest BCUT2D eigenvalue weighted by molar-refractivity contribution is 0.194. The Kier molecular flexibility index (Phi) is 5.35. The van der Waals surface area contributed by atoms with Gasteiger partial charge in [-0.05, 0) is 43.0 Å². The number of likely N-dealkylation sites (tertiary alicyclic amines) is 1. The molecule has 1 aromatic carbocycles. The van der Waals surface area contributed by atoms with Gasteiger partial charge in [0.25, 0.3) is 0 Å². The van der Waals surface area contributed by atoms with E-state index in [2.05, 4.69) is 16.5 Å². The summed E-state index contributed by atoms with van der Waals surface area (Å²) in [6.45, 7) is 4.68. The molecule has 1 aromatic rings. The van der Waals surface area contributed by atoms with Crippen molar-refractivity contribution in [2.24, 2.45) is 0 Å². The Labute approximate surface area is 126 Å². The molecule has 1 aliphatic rings. The van der Waals surface area contributed by atoms with E-state index in [-0.39, 0.29) is 11.9 Å². The SMILES string of the molecule is CC(CN1CCCC(NS(C)(=O)=O)C1)c1ccc(F)cc1. The smallest absolute Gasteiger partial charge is 0.208 e. The zero-order valence-electron chi connectivity index (χ0n) is 12.5. The standard InChI is InChI=1S/C15H23FN2O2S/c1-12(13-5-7-14(16)8-6-13)10-18-9-3-4-15(11-18)17-21(2,19)20/h5-8,12,15,17H,3-4,9-11H2,1-2H3. The third-order valence-corrected chi connectivity index (χ3v) is 4.62. The van der Waals surface area contributed by atoms with Gasteiger partial charge >= 0.3 is 0 Å². The molecule has 4 nitrogen and oxygen atoms in total. The molecule has 0 radical (unpaired) electrons. The van der Waals surface area contributed by atoms with Gasteiger partial charge in [0.2, 0.25) is 10.0 Å². The summed E-state index contributed by atoms with van der Waals surface area (Å²) < 4.78 is 38.3. The van der Waals surface area contributed by atoms with Crippen LogP contribution in [0.15, 0.2) is 24.3 Å². The van der Waals surface area contributed by atoms with Gasteiger partial charge in [-0.25, -0.2) is 17.5 Å². The third-order valence-electron chi connectivity index (χ3n) is 3.86. The summed E-state index contributed by atoms with van der Waals surface area (Å²) in [7, 11) is -3.15. The zero-order chi connectivity index (χ0) is 15.5. The van der Waals surface area contributed by atoms with Gasteiger partial charge in [0, 0.05) is 19.1 Å². The van der Waals surface area contributed by atoms with Crippen molar-refractivity contribution < 1.29 is 12.8 Å². The van der Waals surface area contributed by atoms with Gasteiger partial charge in [0.15, 0.2) is 0 Å². The lowest BCUT2D eigenvalue weighted by atomic mass is 9.98. The van der Waals surface area contributed by atoms with Crippen LogP contribution in [0.5, 0.6) is 0 Å². The van der Waals surface area contributed by atoms with Crippen LogP contribution in [0.25, 0.3) is 0 Å². The first kappa shape index (κ1) is 16.4. The number of halogens is 1. The number of hydrogen-bond donors (Lipinski definition) is 1. The maximum Gasteiger partial charge on any atom is 0.208 e. The van der Waals surface area contributed by atoms with Gasteiger partial charge in [-0.1, -0.05) is 19.1 Å². The molecule has 1 N–H and O–H groups in total. The monoisotopic (exact) mass is 314 g/mol. The van der Waals surface area contributed by atoms with Crippen molar-refractivity contribution >= 4 is 10.0 Å². The Hall–Kier alpha value is -0.980. The minimum Gasteiger partial charge on any atom is -0.301 e. The lowest BCUT2D eigenvalue weighted by Crippen LogP contribution is -2.48. The van der Waals surface area contributed by atoms with Gasteiger partial charge in [-0.3, -0.25) is 0 Å². The van der Waals surface area contributed by atoms with Crippen LogP contribution in [-0.4, -0.2) is 45.2 Å². The molecule has 2 unspecified atom stereocenters. The van der Waals surface area contributed by atoms with Crippen molar-refractivity contribution in [2.45, 2.75) is 31.7 Å². The quantitative estimate of drug-likeness (QED) is 0.903. The Bertz CT molecular complexity index is 560. The molecule has 118 valence electrons. The average Bonchev–Trinajstić information content (AvgIpc) is 2.37. The van der Waals surface area contributed by atoms with Crippen LogP contribution in [0.4, 0.5) is 4.39 Å². The molecule has 1 fully saturated rings. The summed E-state index contributed by atoms with van der Waals surface area (Å²) >= 11 is 0. The van der Waals surface area contributed by atoms with Crippen LogP contribution in [0.1, 0.15) is 31.2 Å². The highest BCUT2D eigenvalue weighted by molar-refractivity contribution is 7.88. The third kappa shape index (κ3) is 5.37. The van der Waals surface area contributed by atoms with E-state index in [9.17, 15) is 12.8 Å². The Balaban J connectivity index is 1.91. The molecule has 2 rings (SSSR count). The summed E-state index contributed by atoms with van der Waals surface area (Å²) in [5.41, 5.74) is 1.11. The molecule has 1 saturated heterocycles. The number of piperidine rings is 1. The molecule has 1 aliphatic heterocycles. The zero-order valence-corrected chi connectivity index (χ0v) is 13.4. The number of hydrogen-bond acceptors (Lipinski definition) is 3. The van der Waals surface area contributed by atoms with E-state index in [1.54, 1.807) is 0 Å². The Morgan fingerprint density at radius 3 is 2.67 bits per heavy atom. The maximum atomic E-state index is 12.9. The lowest BCUT2D eigenvalue weighted by Gasteiger charge is -2.34. The van der Waals surface area contributed by atoms with Crippen LogP contribution in [0.3, 0.4) is 0 Å². The fourth-order valence-corrected chi connectivity index (χ4v) is 3.70. The molecule has 0 saturated carbocycles. The molecule has 1 heterocycles. The highest BCUT2D eigenvalue weighted by Gasteiger charge is 2.23. The van der Waals surface area contributed by atoms with Crippen molar-refractivity contribution in [1.82, 2.24) is 9.62 Å². The molecule has 0 bridgehead atoms. The molecule has 21 heavy (non-hydrogen) atoms. The molecular formula is C15H23FN2O2S. The molecule has 6 heteroatoms. The second-order valence-corrected chi connectivity index (χ2v) is 7.72. The fourth-order valence-electron chi connectivity index (χ4n) is 2.90. The van der Waals surface area contributed by atoms with Crippen molar-refractivity contribution in [3.05, 3.63) is 35.6 Å². The van der Waals surface area contributed by atoms with E-state index in [1.807, 2.05) is 12.1 Å². The first-order valence-corrected chi connectivity index (χ1v) is 9.18. The van der Waals surface area contributed by atoms with Crippen LogP contribution < -0.4 is 4.72 Å². The summed E-state index contributed by atoms with van der Waals surface area (Å²) in [4.78, 5) is 2.28. The van der Waals surface area contributed by atoms with Crippen LogP contribution in [0, 0.1) is 5.82 Å². The van der Waals surface area contributed by atoms with Crippen molar-refractivity contribution in [3.8, 4) is 0 Å². The summed E-state index contributed by atoms with van der Waals surface area (Å²) in [5, 5.41) is 0. The fraction of sp³-hybridized carbons (Fsp3) is 0.600. The highest BCUT2D eigenvalue weighted by atomic mass is 32.2. The Morgan fingerprint density at radius 1 is 1.38 bits per heavy atom. The topological polar surface area (TPSA) is 49.4 Å². The summed E-state index contributed by atoms with van der Waals surface area (Å²) in [5.74, 6) is 0.0731. The largest absolute Gasteiger partial charge is 0.301 e. The molecular weight excluding hydrogens is 291 g/mol. The Morgan fingerprint density at radius 2 is 2.05 bits per heavy atom. The molecule has 0 spiro atoms. The average molecular weight is 314 g/mol. The van der Waals surface area contributed by atoms with Crippen LogP contribution >= 0.6 is 0 Å². The predicted molar refractivity (Wildman–Crippen MR) is 82.3 cm³/mol. The van der Waals surface area contributed by atoms with Crippen molar-refractivity contribution in [2.75, 3.05) is 25.9 Å². The van der Waals surface area contributed by atoms with Gasteiger partial charge in [-0.2, -0.15) is 0 Å². The summed E-state index contributed by atoms with van der Waals surface area (Å²) in [6, 6.07) is 6.59. The second kappa shape index (κ2) is 6.85. The minimum atomic E-state index is -3.15. The number of rotatable bonds is 5. The van der Waals surface area contributed by atoms with E-state index in [1.165, 1.54) is 18.4 Å². The molecule has 0 amide bonds. The number of benzene rings is 1.